The highest BCUT2D eigenvalue weighted by molar-refractivity contribution is 6.09. The first kappa shape index (κ1) is 20.9. The summed E-state index contributed by atoms with van der Waals surface area (Å²) in [6.07, 6.45) is 5.00. The van der Waals surface area contributed by atoms with E-state index >= 15 is 0 Å². The van der Waals surface area contributed by atoms with Gasteiger partial charge in [-0.2, -0.15) is 0 Å². The van der Waals surface area contributed by atoms with Crippen molar-refractivity contribution in [1.29, 1.82) is 0 Å². The Labute approximate surface area is 172 Å². The van der Waals surface area contributed by atoms with E-state index in [1.807, 2.05) is 24.3 Å². The van der Waals surface area contributed by atoms with Gasteiger partial charge in [0, 0.05) is 5.56 Å². The molecule has 0 heterocycles. The number of ether oxygens (including phenoxy) is 2. The average molecular weight is 395 g/mol. The third-order valence-electron chi connectivity index (χ3n) is 5.77. The fourth-order valence-corrected chi connectivity index (χ4v) is 3.99. The van der Waals surface area contributed by atoms with Crippen LogP contribution in [-0.2, 0) is 6.42 Å². The van der Waals surface area contributed by atoms with E-state index in [2.05, 4.69) is 12.2 Å². The van der Waals surface area contributed by atoms with E-state index in [0.717, 1.165) is 25.7 Å². The predicted octanol–water partition coefficient (Wildman–Crippen LogP) is 4.58. The second-order valence-electron chi connectivity index (χ2n) is 7.54. The number of benzene rings is 2. The van der Waals surface area contributed by atoms with Gasteiger partial charge in [-0.1, -0.05) is 38.3 Å². The number of rotatable bonds is 7. The van der Waals surface area contributed by atoms with Gasteiger partial charge in [0.15, 0.2) is 5.78 Å². The fourth-order valence-electron chi connectivity index (χ4n) is 3.99. The fraction of sp³-hybridized carbons (Fsp3) is 0.417. The molecule has 0 bridgehead atoms. The van der Waals surface area contributed by atoms with Crippen molar-refractivity contribution >= 4 is 11.7 Å². The van der Waals surface area contributed by atoms with Gasteiger partial charge < -0.3 is 14.8 Å². The molecule has 2 aromatic carbocycles. The van der Waals surface area contributed by atoms with Crippen molar-refractivity contribution in [1.82, 2.24) is 5.32 Å². The molecular formula is C24H29NO4. The highest BCUT2D eigenvalue weighted by atomic mass is 16.5. The van der Waals surface area contributed by atoms with Gasteiger partial charge in [0.2, 0.25) is 0 Å². The molecule has 0 aliphatic heterocycles. The van der Waals surface area contributed by atoms with E-state index in [1.165, 1.54) is 5.56 Å². The van der Waals surface area contributed by atoms with Crippen LogP contribution in [0.15, 0.2) is 42.5 Å². The van der Waals surface area contributed by atoms with Crippen LogP contribution in [0.25, 0.3) is 0 Å². The molecule has 0 radical (unpaired) electrons. The summed E-state index contributed by atoms with van der Waals surface area (Å²) < 4.78 is 10.7. The zero-order valence-electron chi connectivity index (χ0n) is 17.4. The van der Waals surface area contributed by atoms with Gasteiger partial charge in [0.25, 0.3) is 5.91 Å². The maximum Gasteiger partial charge on any atom is 0.252 e. The average Bonchev–Trinajstić information content (AvgIpc) is 2.78. The Morgan fingerprint density at radius 3 is 2.24 bits per heavy atom. The van der Waals surface area contributed by atoms with E-state index < -0.39 is 5.54 Å². The molecule has 2 aromatic rings. The Kier molecular flexibility index (Phi) is 6.57. The minimum atomic E-state index is -0.932. The molecule has 29 heavy (non-hydrogen) atoms. The Bertz CT molecular complexity index is 867. The van der Waals surface area contributed by atoms with Crippen molar-refractivity contribution < 1.29 is 19.1 Å². The van der Waals surface area contributed by atoms with Crippen LogP contribution in [0.2, 0.25) is 0 Å². The normalized spacial score (nSPS) is 15.4. The summed E-state index contributed by atoms with van der Waals surface area (Å²) in [4.78, 5) is 26.7. The molecule has 0 spiro atoms. The number of aryl methyl sites for hydroxylation is 1. The molecule has 0 aromatic heterocycles. The summed E-state index contributed by atoms with van der Waals surface area (Å²) >= 11 is 0. The van der Waals surface area contributed by atoms with E-state index in [4.69, 9.17) is 9.47 Å². The van der Waals surface area contributed by atoms with Gasteiger partial charge >= 0.3 is 0 Å². The van der Waals surface area contributed by atoms with E-state index in [1.54, 1.807) is 32.4 Å². The quantitative estimate of drug-likeness (QED) is 0.697. The van der Waals surface area contributed by atoms with E-state index in [-0.39, 0.29) is 11.7 Å². The number of hydrogen-bond donors (Lipinski definition) is 1. The van der Waals surface area contributed by atoms with Crippen LogP contribution in [0.3, 0.4) is 0 Å². The Morgan fingerprint density at radius 1 is 0.966 bits per heavy atom. The summed E-state index contributed by atoms with van der Waals surface area (Å²) in [5.41, 5.74) is 1.25. The Hall–Kier alpha value is -2.82. The van der Waals surface area contributed by atoms with Gasteiger partial charge in [0.1, 0.15) is 17.0 Å². The number of methoxy groups -OCH3 is 2. The summed E-state index contributed by atoms with van der Waals surface area (Å²) in [6.45, 7) is 2.08. The second kappa shape index (κ2) is 9.12. The van der Waals surface area contributed by atoms with Crippen molar-refractivity contribution in [2.24, 2.45) is 0 Å². The molecular weight excluding hydrogens is 366 g/mol. The van der Waals surface area contributed by atoms with Crippen molar-refractivity contribution in [2.45, 2.75) is 51.0 Å². The zero-order chi connectivity index (χ0) is 20.9. The maximum atomic E-state index is 13.7. The maximum absolute atomic E-state index is 13.7. The SMILES string of the molecule is CCc1ccc(C(=O)NC2(C(=O)c3cc(OC)ccc3OC)CCCCC2)cc1. The summed E-state index contributed by atoms with van der Waals surface area (Å²) in [5, 5.41) is 3.09. The Morgan fingerprint density at radius 2 is 1.66 bits per heavy atom. The minimum Gasteiger partial charge on any atom is -0.497 e. The molecule has 0 saturated heterocycles. The van der Waals surface area contributed by atoms with E-state index in [0.29, 0.717) is 35.5 Å². The number of nitrogens with one attached hydrogen (secondary N) is 1. The third kappa shape index (κ3) is 4.44. The van der Waals surface area contributed by atoms with Crippen LogP contribution in [-0.4, -0.2) is 31.4 Å². The number of ketones is 1. The molecule has 1 N–H and O–H groups in total. The molecule has 1 aliphatic rings. The molecule has 3 rings (SSSR count). The first-order valence-corrected chi connectivity index (χ1v) is 10.2. The van der Waals surface area contributed by atoms with Gasteiger partial charge in [-0.3, -0.25) is 9.59 Å². The lowest BCUT2D eigenvalue weighted by Crippen LogP contribution is -2.55. The molecule has 0 unspecified atom stereocenters. The molecule has 5 heteroatoms. The summed E-state index contributed by atoms with van der Waals surface area (Å²) in [7, 11) is 3.11. The van der Waals surface area contributed by atoms with Crippen molar-refractivity contribution in [3.05, 3.63) is 59.2 Å². The van der Waals surface area contributed by atoms with E-state index in [9.17, 15) is 9.59 Å². The molecule has 154 valence electrons. The first-order chi connectivity index (χ1) is 14.0. The summed E-state index contributed by atoms with van der Waals surface area (Å²) in [5.74, 6) is 0.736. The third-order valence-corrected chi connectivity index (χ3v) is 5.77. The van der Waals surface area contributed by atoms with Crippen LogP contribution >= 0.6 is 0 Å². The standard InChI is InChI=1S/C24H29NO4/c1-4-17-8-10-18(11-9-17)23(27)25-24(14-6-5-7-15-24)22(26)20-16-19(28-2)12-13-21(20)29-3/h8-13,16H,4-7,14-15H2,1-3H3,(H,25,27). The van der Waals surface area contributed by atoms with Crippen LogP contribution in [0, 0.1) is 0 Å². The number of carbonyl (C=O) groups excluding carboxylic acids is 2. The lowest BCUT2D eigenvalue weighted by Gasteiger charge is -2.37. The summed E-state index contributed by atoms with van der Waals surface area (Å²) in [6, 6.07) is 12.7. The molecule has 1 fully saturated rings. The zero-order valence-corrected chi connectivity index (χ0v) is 17.4. The van der Waals surface area contributed by atoms with Crippen molar-refractivity contribution in [2.75, 3.05) is 14.2 Å². The number of Topliss-reactive ketones (excluding diaryl/α,β-unsaturated/α-hetero) is 1. The molecule has 5 nitrogen and oxygen atoms in total. The van der Waals surface area contributed by atoms with Gasteiger partial charge in [-0.05, 0) is 55.2 Å². The van der Waals surface area contributed by atoms with Crippen LogP contribution in [0.4, 0.5) is 0 Å². The van der Waals surface area contributed by atoms with Gasteiger partial charge in [-0.15, -0.1) is 0 Å². The van der Waals surface area contributed by atoms with Gasteiger partial charge in [-0.25, -0.2) is 0 Å². The monoisotopic (exact) mass is 395 g/mol. The first-order valence-electron chi connectivity index (χ1n) is 10.2. The minimum absolute atomic E-state index is 0.119. The van der Waals surface area contributed by atoms with Gasteiger partial charge in [0.05, 0.1) is 19.8 Å². The van der Waals surface area contributed by atoms with Crippen LogP contribution in [0.5, 0.6) is 11.5 Å². The number of carbonyl (C=O) groups is 2. The Balaban J connectivity index is 1.94. The highest BCUT2D eigenvalue weighted by Crippen LogP contribution is 2.35. The van der Waals surface area contributed by atoms with Crippen molar-refractivity contribution in [3.63, 3.8) is 0 Å². The van der Waals surface area contributed by atoms with Crippen LogP contribution in [0.1, 0.15) is 65.3 Å². The van der Waals surface area contributed by atoms with Crippen molar-refractivity contribution in [3.8, 4) is 11.5 Å². The highest BCUT2D eigenvalue weighted by Gasteiger charge is 2.42. The molecule has 1 saturated carbocycles. The number of hydrogen-bond acceptors (Lipinski definition) is 4. The lowest BCUT2D eigenvalue weighted by molar-refractivity contribution is 0.0711. The molecule has 1 amide bonds. The largest absolute Gasteiger partial charge is 0.497 e. The second-order valence-corrected chi connectivity index (χ2v) is 7.54. The topological polar surface area (TPSA) is 64.6 Å². The van der Waals surface area contributed by atoms with Crippen LogP contribution < -0.4 is 14.8 Å². The predicted molar refractivity (Wildman–Crippen MR) is 113 cm³/mol. The number of amides is 1. The molecule has 0 atom stereocenters. The molecule has 1 aliphatic carbocycles. The lowest BCUT2D eigenvalue weighted by atomic mass is 9.76. The smallest absolute Gasteiger partial charge is 0.252 e.